The first kappa shape index (κ1) is 22.9. The summed E-state index contributed by atoms with van der Waals surface area (Å²) >= 11 is 0. The SMILES string of the molecule is CCc1cc(C(=O)NC2CCCC(NC(=O)C(C)C(=O)OC(C)(C)C)C2)nn1C. The molecule has 3 atom stereocenters. The molecule has 1 aliphatic rings. The number of rotatable bonds is 6. The van der Waals surface area contributed by atoms with E-state index in [0.717, 1.165) is 31.4 Å². The van der Waals surface area contributed by atoms with Crippen molar-refractivity contribution in [1.82, 2.24) is 20.4 Å². The van der Waals surface area contributed by atoms with Crippen LogP contribution in [0, 0.1) is 5.92 Å². The molecule has 8 heteroatoms. The minimum absolute atomic E-state index is 0.0366. The van der Waals surface area contributed by atoms with Crippen molar-refractivity contribution in [2.75, 3.05) is 0 Å². The molecular formula is C21H34N4O4. The lowest BCUT2D eigenvalue weighted by molar-refractivity contribution is -0.161. The predicted octanol–water partition coefficient (Wildman–Crippen LogP) is 2.12. The minimum atomic E-state index is -0.870. The third-order valence-corrected chi connectivity index (χ3v) is 5.08. The van der Waals surface area contributed by atoms with Crippen LogP contribution in [-0.4, -0.2) is 45.2 Å². The zero-order valence-electron chi connectivity index (χ0n) is 18.4. The molecule has 1 fully saturated rings. The van der Waals surface area contributed by atoms with E-state index in [2.05, 4.69) is 15.7 Å². The lowest BCUT2D eigenvalue weighted by Gasteiger charge is -2.31. The largest absolute Gasteiger partial charge is 0.459 e. The molecule has 1 aromatic rings. The molecule has 1 aliphatic carbocycles. The molecule has 3 unspecified atom stereocenters. The van der Waals surface area contributed by atoms with Crippen LogP contribution >= 0.6 is 0 Å². The van der Waals surface area contributed by atoms with Gasteiger partial charge in [-0.25, -0.2) is 0 Å². The molecule has 29 heavy (non-hydrogen) atoms. The fourth-order valence-corrected chi connectivity index (χ4v) is 3.48. The van der Waals surface area contributed by atoms with Crippen molar-refractivity contribution < 1.29 is 19.1 Å². The van der Waals surface area contributed by atoms with Gasteiger partial charge in [0.1, 0.15) is 17.2 Å². The molecule has 2 rings (SSSR count). The van der Waals surface area contributed by atoms with Crippen molar-refractivity contribution in [3.8, 4) is 0 Å². The number of carbonyl (C=O) groups is 3. The monoisotopic (exact) mass is 406 g/mol. The number of hydrogen-bond donors (Lipinski definition) is 2. The van der Waals surface area contributed by atoms with E-state index in [-0.39, 0.29) is 23.9 Å². The van der Waals surface area contributed by atoms with Gasteiger partial charge >= 0.3 is 5.97 Å². The summed E-state index contributed by atoms with van der Waals surface area (Å²) in [7, 11) is 1.83. The lowest BCUT2D eigenvalue weighted by Crippen LogP contribution is -2.48. The molecule has 0 bridgehead atoms. The highest BCUT2D eigenvalue weighted by atomic mass is 16.6. The molecule has 0 aromatic carbocycles. The Morgan fingerprint density at radius 3 is 2.41 bits per heavy atom. The second-order valence-corrected chi connectivity index (χ2v) is 8.80. The number of esters is 1. The highest BCUT2D eigenvalue weighted by Gasteiger charge is 2.31. The average molecular weight is 407 g/mol. The first-order valence-electron chi connectivity index (χ1n) is 10.4. The van der Waals surface area contributed by atoms with E-state index in [0.29, 0.717) is 12.1 Å². The zero-order chi connectivity index (χ0) is 21.8. The number of hydrogen-bond acceptors (Lipinski definition) is 5. The van der Waals surface area contributed by atoms with Gasteiger partial charge in [0, 0.05) is 24.8 Å². The standard InChI is InChI=1S/C21H34N4O4/c1-7-16-12-17(24-25(16)6)19(27)23-15-10-8-9-14(11-15)22-18(26)13(2)20(28)29-21(3,4)5/h12-15H,7-11H2,1-6H3,(H,22,26)(H,23,27). The van der Waals surface area contributed by atoms with Gasteiger partial charge in [-0.1, -0.05) is 6.92 Å². The quantitative estimate of drug-likeness (QED) is 0.556. The number of aromatic nitrogens is 2. The third-order valence-electron chi connectivity index (χ3n) is 5.08. The first-order valence-corrected chi connectivity index (χ1v) is 10.4. The van der Waals surface area contributed by atoms with Crippen LogP contribution in [0.3, 0.4) is 0 Å². The van der Waals surface area contributed by atoms with Crippen LogP contribution in [-0.2, 0) is 27.8 Å². The fourth-order valence-electron chi connectivity index (χ4n) is 3.48. The van der Waals surface area contributed by atoms with Crippen molar-refractivity contribution in [3.63, 3.8) is 0 Å². The summed E-state index contributed by atoms with van der Waals surface area (Å²) in [6.07, 6.45) is 4.01. The third kappa shape index (κ3) is 6.58. The molecular weight excluding hydrogens is 372 g/mol. The lowest BCUT2D eigenvalue weighted by atomic mass is 9.90. The molecule has 1 saturated carbocycles. The van der Waals surface area contributed by atoms with E-state index in [1.165, 1.54) is 0 Å². The smallest absolute Gasteiger partial charge is 0.318 e. The number of carbonyl (C=O) groups excluding carboxylic acids is 3. The van der Waals surface area contributed by atoms with Gasteiger partial charge in [0.2, 0.25) is 5.91 Å². The van der Waals surface area contributed by atoms with Gasteiger partial charge in [-0.05, 0) is 65.9 Å². The predicted molar refractivity (Wildman–Crippen MR) is 109 cm³/mol. The van der Waals surface area contributed by atoms with Gasteiger partial charge in [0.15, 0.2) is 0 Å². The zero-order valence-corrected chi connectivity index (χ0v) is 18.4. The summed E-state index contributed by atoms with van der Waals surface area (Å²) in [6, 6.07) is 1.69. The Morgan fingerprint density at radius 2 is 1.86 bits per heavy atom. The van der Waals surface area contributed by atoms with Gasteiger partial charge in [-0.15, -0.1) is 0 Å². The Hall–Kier alpha value is -2.38. The Kier molecular flexibility index (Phi) is 7.43. The summed E-state index contributed by atoms with van der Waals surface area (Å²) in [4.78, 5) is 37.1. The van der Waals surface area contributed by atoms with E-state index in [1.807, 2.05) is 14.0 Å². The molecule has 2 N–H and O–H groups in total. The summed E-state index contributed by atoms with van der Waals surface area (Å²) in [5, 5.41) is 10.2. The Balaban J connectivity index is 1.88. The van der Waals surface area contributed by atoms with Crippen molar-refractivity contribution in [2.45, 2.75) is 84.4 Å². The topological polar surface area (TPSA) is 102 Å². The van der Waals surface area contributed by atoms with Gasteiger partial charge < -0.3 is 15.4 Å². The number of amides is 2. The maximum atomic E-state index is 12.5. The maximum Gasteiger partial charge on any atom is 0.318 e. The van der Waals surface area contributed by atoms with Gasteiger partial charge in [0.05, 0.1) is 0 Å². The summed E-state index contributed by atoms with van der Waals surface area (Å²) in [6.45, 7) is 8.89. The molecule has 0 spiro atoms. The minimum Gasteiger partial charge on any atom is -0.459 e. The fraction of sp³-hybridized carbons (Fsp3) is 0.714. The second kappa shape index (κ2) is 9.41. The summed E-state index contributed by atoms with van der Waals surface area (Å²) in [5.74, 6) is -1.93. The molecule has 8 nitrogen and oxygen atoms in total. The Bertz CT molecular complexity index is 750. The van der Waals surface area contributed by atoms with E-state index in [4.69, 9.17) is 4.74 Å². The van der Waals surface area contributed by atoms with Crippen molar-refractivity contribution in [3.05, 3.63) is 17.5 Å². The molecule has 0 saturated heterocycles. The number of nitrogens with one attached hydrogen (secondary N) is 2. The molecule has 0 radical (unpaired) electrons. The molecule has 1 heterocycles. The second-order valence-electron chi connectivity index (χ2n) is 8.80. The average Bonchev–Trinajstić information content (AvgIpc) is 3.01. The highest BCUT2D eigenvalue weighted by Crippen LogP contribution is 2.20. The van der Waals surface area contributed by atoms with Gasteiger partial charge in [-0.2, -0.15) is 5.10 Å². The van der Waals surface area contributed by atoms with E-state index >= 15 is 0 Å². The van der Waals surface area contributed by atoms with Crippen LogP contribution in [0.15, 0.2) is 6.07 Å². The van der Waals surface area contributed by atoms with E-state index < -0.39 is 17.5 Å². The number of ether oxygens (including phenoxy) is 1. The van der Waals surface area contributed by atoms with E-state index in [9.17, 15) is 14.4 Å². The molecule has 2 amide bonds. The van der Waals surface area contributed by atoms with Crippen LogP contribution in [0.2, 0.25) is 0 Å². The van der Waals surface area contributed by atoms with Gasteiger partial charge in [0.25, 0.3) is 5.91 Å². The van der Waals surface area contributed by atoms with Crippen LogP contribution in [0.1, 0.15) is 76.5 Å². The van der Waals surface area contributed by atoms with Crippen molar-refractivity contribution >= 4 is 17.8 Å². The van der Waals surface area contributed by atoms with Crippen LogP contribution in [0.25, 0.3) is 0 Å². The molecule has 162 valence electrons. The van der Waals surface area contributed by atoms with Gasteiger partial charge in [-0.3, -0.25) is 19.1 Å². The summed E-state index contributed by atoms with van der Waals surface area (Å²) in [5.41, 5.74) is 0.781. The molecule has 1 aromatic heterocycles. The van der Waals surface area contributed by atoms with Crippen LogP contribution in [0.4, 0.5) is 0 Å². The van der Waals surface area contributed by atoms with Crippen LogP contribution in [0.5, 0.6) is 0 Å². The van der Waals surface area contributed by atoms with E-state index in [1.54, 1.807) is 38.4 Å². The molecule has 0 aliphatic heterocycles. The number of nitrogens with zero attached hydrogens (tertiary/aromatic N) is 2. The number of aryl methyl sites for hydroxylation is 2. The summed E-state index contributed by atoms with van der Waals surface area (Å²) < 4.78 is 7.01. The Labute approximate surface area is 172 Å². The maximum absolute atomic E-state index is 12.5. The van der Waals surface area contributed by atoms with Crippen molar-refractivity contribution in [2.24, 2.45) is 13.0 Å². The van der Waals surface area contributed by atoms with Crippen molar-refractivity contribution in [1.29, 1.82) is 0 Å². The van der Waals surface area contributed by atoms with Crippen LogP contribution < -0.4 is 10.6 Å². The Morgan fingerprint density at radius 1 is 1.24 bits per heavy atom. The normalized spacial score (nSPS) is 20.6. The highest BCUT2D eigenvalue weighted by molar-refractivity contribution is 5.97. The first-order chi connectivity index (χ1) is 13.5.